The van der Waals surface area contributed by atoms with Gasteiger partial charge in [0.2, 0.25) is 17.6 Å². The van der Waals surface area contributed by atoms with Gasteiger partial charge >= 0.3 is 0 Å². The molecule has 3 rings (SSSR count). The van der Waals surface area contributed by atoms with Crippen molar-refractivity contribution in [2.24, 2.45) is 0 Å². The van der Waals surface area contributed by atoms with E-state index >= 15 is 0 Å². The molecule has 0 radical (unpaired) electrons. The van der Waals surface area contributed by atoms with E-state index in [2.05, 4.69) is 46.6 Å². The Morgan fingerprint density at radius 1 is 1.14 bits per heavy atom. The van der Waals surface area contributed by atoms with Crippen LogP contribution in [0.5, 0.6) is 0 Å². The number of aromatic nitrogens is 2. The first-order valence-corrected chi connectivity index (χ1v) is 10.5. The monoisotopic (exact) mass is 415 g/mol. The predicted octanol–water partition coefficient (Wildman–Crippen LogP) is 4.93. The number of halogens is 1. The van der Waals surface area contributed by atoms with Crippen molar-refractivity contribution in [1.82, 2.24) is 15.5 Å². The summed E-state index contributed by atoms with van der Waals surface area (Å²) < 4.78 is 5.26. The maximum Gasteiger partial charge on any atom is 0.226 e. The largest absolute Gasteiger partial charge is 0.355 e. The van der Waals surface area contributed by atoms with Gasteiger partial charge in [-0.3, -0.25) is 4.79 Å². The Morgan fingerprint density at radius 3 is 2.64 bits per heavy atom. The van der Waals surface area contributed by atoms with Gasteiger partial charge in [0.15, 0.2) is 0 Å². The Bertz CT molecular complexity index is 895. The van der Waals surface area contributed by atoms with E-state index in [1.807, 2.05) is 12.1 Å². The third-order valence-electron chi connectivity index (χ3n) is 4.08. The second kappa shape index (κ2) is 10.3. The molecule has 0 unspecified atom stereocenters. The molecule has 0 saturated carbocycles. The van der Waals surface area contributed by atoms with E-state index in [0.717, 1.165) is 11.3 Å². The van der Waals surface area contributed by atoms with Crippen LogP contribution in [0, 0.1) is 6.92 Å². The Labute approximate surface area is 173 Å². The average molecular weight is 416 g/mol. The van der Waals surface area contributed by atoms with Crippen molar-refractivity contribution in [3.05, 3.63) is 65.0 Å². The second-order valence-electron chi connectivity index (χ2n) is 6.38. The van der Waals surface area contributed by atoms with E-state index in [1.165, 1.54) is 10.5 Å². The quantitative estimate of drug-likeness (QED) is 0.396. The van der Waals surface area contributed by atoms with Crippen LogP contribution < -0.4 is 5.32 Å². The molecule has 0 aliphatic rings. The SMILES string of the molecule is Cc1ccc(SCCNC(=O)CCCc2nc(-c3ccc(Cl)cc3)no2)cc1. The zero-order valence-electron chi connectivity index (χ0n) is 15.7. The first-order valence-electron chi connectivity index (χ1n) is 9.15. The lowest BCUT2D eigenvalue weighted by Crippen LogP contribution is -2.25. The van der Waals surface area contributed by atoms with Crippen LogP contribution in [0.25, 0.3) is 11.4 Å². The van der Waals surface area contributed by atoms with Gasteiger partial charge < -0.3 is 9.84 Å². The Morgan fingerprint density at radius 2 is 1.89 bits per heavy atom. The van der Waals surface area contributed by atoms with Crippen LogP contribution in [-0.4, -0.2) is 28.3 Å². The first kappa shape index (κ1) is 20.4. The summed E-state index contributed by atoms with van der Waals surface area (Å²) in [6.45, 7) is 2.72. The van der Waals surface area contributed by atoms with Gasteiger partial charge in [-0.25, -0.2) is 0 Å². The highest BCUT2D eigenvalue weighted by atomic mass is 35.5. The Balaban J connectivity index is 1.33. The molecular formula is C21H22ClN3O2S. The topological polar surface area (TPSA) is 68.0 Å². The van der Waals surface area contributed by atoms with Gasteiger partial charge in [0.1, 0.15) is 0 Å². The number of rotatable bonds is 9. The summed E-state index contributed by atoms with van der Waals surface area (Å²) in [5.74, 6) is 1.96. The summed E-state index contributed by atoms with van der Waals surface area (Å²) >= 11 is 7.62. The Hall–Kier alpha value is -2.31. The van der Waals surface area contributed by atoms with Crippen molar-refractivity contribution in [2.75, 3.05) is 12.3 Å². The fourth-order valence-corrected chi connectivity index (χ4v) is 3.45. The molecule has 0 saturated heterocycles. The van der Waals surface area contributed by atoms with Crippen LogP contribution in [0.1, 0.15) is 24.3 Å². The van der Waals surface area contributed by atoms with E-state index in [9.17, 15) is 4.79 Å². The molecule has 1 N–H and O–H groups in total. The summed E-state index contributed by atoms with van der Waals surface area (Å²) in [6, 6.07) is 15.7. The number of benzene rings is 2. The third-order valence-corrected chi connectivity index (χ3v) is 5.34. The summed E-state index contributed by atoms with van der Waals surface area (Å²) in [5.41, 5.74) is 2.10. The lowest BCUT2D eigenvalue weighted by atomic mass is 10.2. The highest BCUT2D eigenvalue weighted by Crippen LogP contribution is 2.19. The molecule has 0 spiro atoms. The van der Waals surface area contributed by atoms with Crippen molar-refractivity contribution in [3.8, 4) is 11.4 Å². The van der Waals surface area contributed by atoms with Gasteiger partial charge in [-0.1, -0.05) is 34.5 Å². The van der Waals surface area contributed by atoms with Gasteiger partial charge in [0, 0.05) is 40.6 Å². The Kier molecular flexibility index (Phi) is 7.51. The fourth-order valence-electron chi connectivity index (χ4n) is 2.56. The minimum atomic E-state index is 0.0435. The molecule has 0 bridgehead atoms. The fraction of sp³-hybridized carbons (Fsp3) is 0.286. The molecule has 0 aliphatic carbocycles. The molecule has 1 heterocycles. The van der Waals surface area contributed by atoms with Crippen LogP contribution in [0.3, 0.4) is 0 Å². The van der Waals surface area contributed by atoms with Crippen LogP contribution in [0.15, 0.2) is 57.9 Å². The number of hydrogen-bond acceptors (Lipinski definition) is 5. The molecule has 3 aromatic rings. The van der Waals surface area contributed by atoms with Crippen LogP contribution in [0.4, 0.5) is 0 Å². The van der Waals surface area contributed by atoms with Gasteiger partial charge in [0.25, 0.3) is 0 Å². The molecular weight excluding hydrogens is 394 g/mol. The number of carbonyl (C=O) groups excluding carboxylic acids is 1. The smallest absolute Gasteiger partial charge is 0.226 e. The van der Waals surface area contributed by atoms with Crippen molar-refractivity contribution < 1.29 is 9.32 Å². The molecule has 1 aromatic heterocycles. The van der Waals surface area contributed by atoms with Crippen molar-refractivity contribution >= 4 is 29.3 Å². The third kappa shape index (κ3) is 6.39. The molecule has 0 fully saturated rings. The van der Waals surface area contributed by atoms with Crippen molar-refractivity contribution in [1.29, 1.82) is 0 Å². The van der Waals surface area contributed by atoms with Gasteiger partial charge in [-0.05, 0) is 49.7 Å². The number of carbonyl (C=O) groups is 1. The van der Waals surface area contributed by atoms with Crippen molar-refractivity contribution in [2.45, 2.75) is 31.1 Å². The van der Waals surface area contributed by atoms with Gasteiger partial charge in [-0.15, -0.1) is 11.8 Å². The highest BCUT2D eigenvalue weighted by Gasteiger charge is 2.09. The first-order chi connectivity index (χ1) is 13.6. The molecule has 0 atom stereocenters. The van der Waals surface area contributed by atoms with Gasteiger partial charge in [-0.2, -0.15) is 4.98 Å². The average Bonchev–Trinajstić information content (AvgIpc) is 3.16. The molecule has 1 amide bonds. The normalized spacial score (nSPS) is 10.8. The number of aryl methyl sites for hydroxylation is 2. The van der Waals surface area contributed by atoms with E-state index in [0.29, 0.717) is 42.5 Å². The van der Waals surface area contributed by atoms with E-state index < -0.39 is 0 Å². The summed E-state index contributed by atoms with van der Waals surface area (Å²) in [4.78, 5) is 17.5. The zero-order chi connectivity index (χ0) is 19.8. The summed E-state index contributed by atoms with van der Waals surface area (Å²) in [7, 11) is 0. The maximum absolute atomic E-state index is 11.9. The van der Waals surface area contributed by atoms with Crippen molar-refractivity contribution in [3.63, 3.8) is 0 Å². The number of nitrogens with zero attached hydrogens (tertiary/aromatic N) is 2. The molecule has 146 valence electrons. The number of amides is 1. The van der Waals surface area contributed by atoms with E-state index in [4.69, 9.17) is 16.1 Å². The summed E-state index contributed by atoms with van der Waals surface area (Å²) in [5, 5.41) is 7.59. The number of hydrogen-bond donors (Lipinski definition) is 1. The maximum atomic E-state index is 11.9. The second-order valence-corrected chi connectivity index (χ2v) is 7.99. The molecule has 7 heteroatoms. The molecule has 0 aliphatic heterocycles. The number of thioether (sulfide) groups is 1. The van der Waals surface area contributed by atoms with E-state index in [1.54, 1.807) is 23.9 Å². The summed E-state index contributed by atoms with van der Waals surface area (Å²) in [6.07, 6.45) is 1.68. The lowest BCUT2D eigenvalue weighted by Gasteiger charge is -2.05. The minimum Gasteiger partial charge on any atom is -0.355 e. The predicted molar refractivity (Wildman–Crippen MR) is 113 cm³/mol. The van der Waals surface area contributed by atoms with Gasteiger partial charge in [0.05, 0.1) is 0 Å². The highest BCUT2D eigenvalue weighted by molar-refractivity contribution is 7.99. The molecule has 28 heavy (non-hydrogen) atoms. The van der Waals surface area contributed by atoms with Crippen LogP contribution >= 0.6 is 23.4 Å². The lowest BCUT2D eigenvalue weighted by molar-refractivity contribution is -0.121. The van der Waals surface area contributed by atoms with E-state index in [-0.39, 0.29) is 5.91 Å². The molecule has 5 nitrogen and oxygen atoms in total. The molecule has 2 aromatic carbocycles. The van der Waals surface area contributed by atoms with Crippen LogP contribution in [-0.2, 0) is 11.2 Å². The number of nitrogens with one attached hydrogen (secondary N) is 1. The standard InChI is InChI=1S/C21H22ClN3O2S/c1-15-5-11-18(12-6-15)28-14-13-23-19(26)3-2-4-20-24-21(25-27-20)16-7-9-17(22)10-8-16/h5-12H,2-4,13-14H2,1H3,(H,23,26). The minimum absolute atomic E-state index is 0.0435. The van der Waals surface area contributed by atoms with Crippen LogP contribution in [0.2, 0.25) is 5.02 Å². The zero-order valence-corrected chi connectivity index (χ0v) is 17.2.